The first-order valence-corrected chi connectivity index (χ1v) is 2.68. The molecule has 0 aliphatic carbocycles. The van der Waals surface area contributed by atoms with Gasteiger partial charge in [-0.15, -0.1) is 0 Å². The summed E-state index contributed by atoms with van der Waals surface area (Å²) < 4.78 is 0. The number of nitrogens with two attached hydrogens (primary N) is 2. The molecule has 0 aromatic heterocycles. The fraction of sp³-hybridized carbons (Fsp3) is 0.333. The molecule has 0 spiro atoms. The molecule has 0 rings (SSSR count). The molecule has 0 heterocycles. The van der Waals surface area contributed by atoms with Gasteiger partial charge < -0.3 is 16.8 Å². The fourth-order valence-electron chi connectivity index (χ4n) is 0.360. The van der Waals surface area contributed by atoms with E-state index in [0.717, 1.165) is 5.57 Å². The van der Waals surface area contributed by atoms with Crippen LogP contribution in [0.3, 0.4) is 0 Å². The van der Waals surface area contributed by atoms with E-state index in [1.807, 2.05) is 6.92 Å². The number of hydrogen-bond donors (Lipinski definition) is 3. The van der Waals surface area contributed by atoms with Crippen LogP contribution < -0.4 is 16.8 Å². The van der Waals surface area contributed by atoms with Crippen molar-refractivity contribution in [3.05, 3.63) is 23.7 Å². The van der Waals surface area contributed by atoms with Crippen LogP contribution in [-0.4, -0.2) is 7.05 Å². The Kier molecular flexibility index (Phi) is 2.64. The highest BCUT2D eigenvalue weighted by molar-refractivity contribution is 5.26. The van der Waals surface area contributed by atoms with Gasteiger partial charge in [-0.1, -0.05) is 6.58 Å². The van der Waals surface area contributed by atoms with Crippen LogP contribution in [-0.2, 0) is 0 Å². The predicted molar refractivity (Wildman–Crippen MR) is 39.3 cm³/mol. The highest BCUT2D eigenvalue weighted by Crippen LogP contribution is 1.99. The van der Waals surface area contributed by atoms with Gasteiger partial charge in [0.2, 0.25) is 0 Å². The largest absolute Gasteiger partial charge is 0.399 e. The maximum absolute atomic E-state index is 5.45. The van der Waals surface area contributed by atoms with Gasteiger partial charge >= 0.3 is 0 Å². The summed E-state index contributed by atoms with van der Waals surface area (Å²) in [6.07, 6.45) is 0. The lowest BCUT2D eigenvalue weighted by Gasteiger charge is -2.04. The number of allylic oxidation sites excluding steroid dienone is 1. The van der Waals surface area contributed by atoms with Crippen LogP contribution >= 0.6 is 0 Å². The average Bonchev–Trinajstić information content (AvgIpc) is 1.84. The van der Waals surface area contributed by atoms with E-state index in [0.29, 0.717) is 11.5 Å². The van der Waals surface area contributed by atoms with Crippen LogP contribution in [0.1, 0.15) is 6.92 Å². The van der Waals surface area contributed by atoms with Crippen molar-refractivity contribution in [3.63, 3.8) is 0 Å². The third kappa shape index (κ3) is 2.08. The molecular formula is C6H13N3. The molecule has 0 atom stereocenters. The summed E-state index contributed by atoms with van der Waals surface area (Å²) in [6, 6.07) is 0. The zero-order valence-electron chi connectivity index (χ0n) is 5.86. The van der Waals surface area contributed by atoms with Crippen molar-refractivity contribution in [2.45, 2.75) is 6.92 Å². The summed E-state index contributed by atoms with van der Waals surface area (Å²) in [4.78, 5) is 0. The predicted octanol–water partition coefficient (Wildman–Crippen LogP) is -0.132. The van der Waals surface area contributed by atoms with Crippen molar-refractivity contribution in [1.82, 2.24) is 5.32 Å². The molecule has 0 aromatic rings. The lowest BCUT2D eigenvalue weighted by Crippen LogP contribution is -2.18. The molecule has 0 fully saturated rings. The molecule has 0 unspecified atom stereocenters. The zero-order chi connectivity index (χ0) is 7.44. The molecule has 3 heteroatoms. The number of rotatable bonds is 2. The lowest BCUT2D eigenvalue weighted by atomic mass is 10.2. The molecule has 0 aromatic carbocycles. The van der Waals surface area contributed by atoms with Crippen molar-refractivity contribution >= 4 is 0 Å². The first-order chi connectivity index (χ1) is 4.09. The Morgan fingerprint density at radius 1 is 1.44 bits per heavy atom. The van der Waals surface area contributed by atoms with Gasteiger partial charge in [0.05, 0.1) is 0 Å². The normalized spacial score (nSPS) is 12.2. The molecular weight excluding hydrogens is 114 g/mol. The Labute approximate surface area is 55.4 Å². The van der Waals surface area contributed by atoms with Crippen molar-refractivity contribution in [2.24, 2.45) is 11.5 Å². The second-order valence-electron chi connectivity index (χ2n) is 1.81. The standard InChI is InChI=1S/C6H13N3/c1-4(5(2)7)6(8)9-3/h9H,2,7-8H2,1,3H3/b6-4+. The van der Waals surface area contributed by atoms with E-state index < -0.39 is 0 Å². The molecule has 0 aliphatic heterocycles. The van der Waals surface area contributed by atoms with E-state index in [9.17, 15) is 0 Å². The maximum Gasteiger partial charge on any atom is 0.101 e. The Balaban J connectivity index is 4.28. The minimum atomic E-state index is 0.502. The molecule has 0 saturated carbocycles. The Morgan fingerprint density at radius 2 is 1.89 bits per heavy atom. The Hall–Kier alpha value is -1.12. The van der Waals surface area contributed by atoms with E-state index in [-0.39, 0.29) is 0 Å². The van der Waals surface area contributed by atoms with Gasteiger partial charge in [0.1, 0.15) is 5.82 Å². The van der Waals surface area contributed by atoms with Crippen LogP contribution in [0.15, 0.2) is 23.7 Å². The van der Waals surface area contributed by atoms with Crippen LogP contribution in [0.5, 0.6) is 0 Å². The van der Waals surface area contributed by atoms with E-state index in [4.69, 9.17) is 11.5 Å². The highest BCUT2D eigenvalue weighted by atomic mass is 15.0. The van der Waals surface area contributed by atoms with Crippen LogP contribution in [0.25, 0.3) is 0 Å². The molecule has 5 N–H and O–H groups in total. The van der Waals surface area contributed by atoms with Gasteiger partial charge in [0.15, 0.2) is 0 Å². The molecule has 9 heavy (non-hydrogen) atoms. The summed E-state index contributed by atoms with van der Waals surface area (Å²) >= 11 is 0. The minimum Gasteiger partial charge on any atom is -0.399 e. The van der Waals surface area contributed by atoms with Crippen molar-refractivity contribution in [2.75, 3.05) is 7.05 Å². The fourth-order valence-corrected chi connectivity index (χ4v) is 0.360. The Bertz CT molecular complexity index is 146. The van der Waals surface area contributed by atoms with Gasteiger partial charge in [-0.05, 0) is 6.92 Å². The third-order valence-electron chi connectivity index (χ3n) is 1.16. The lowest BCUT2D eigenvalue weighted by molar-refractivity contribution is 0.935. The van der Waals surface area contributed by atoms with E-state index >= 15 is 0 Å². The van der Waals surface area contributed by atoms with E-state index in [1.54, 1.807) is 7.05 Å². The van der Waals surface area contributed by atoms with E-state index in [1.165, 1.54) is 0 Å². The maximum atomic E-state index is 5.45. The second kappa shape index (κ2) is 3.02. The Morgan fingerprint density at radius 3 is 2.00 bits per heavy atom. The summed E-state index contributed by atoms with van der Waals surface area (Å²) in [5, 5.41) is 2.76. The van der Waals surface area contributed by atoms with Crippen molar-refractivity contribution < 1.29 is 0 Å². The molecule has 3 nitrogen and oxygen atoms in total. The van der Waals surface area contributed by atoms with Gasteiger partial charge in [0.25, 0.3) is 0 Å². The summed E-state index contributed by atoms with van der Waals surface area (Å²) in [5.74, 6) is 0.572. The topological polar surface area (TPSA) is 64.1 Å². The molecule has 0 radical (unpaired) electrons. The number of nitrogens with one attached hydrogen (secondary N) is 1. The van der Waals surface area contributed by atoms with Gasteiger partial charge in [-0.2, -0.15) is 0 Å². The van der Waals surface area contributed by atoms with Gasteiger partial charge in [-0.25, -0.2) is 0 Å². The summed E-state index contributed by atoms with van der Waals surface area (Å²) in [7, 11) is 1.74. The average molecular weight is 127 g/mol. The van der Waals surface area contributed by atoms with Crippen molar-refractivity contribution in [3.8, 4) is 0 Å². The number of hydrogen-bond acceptors (Lipinski definition) is 3. The highest BCUT2D eigenvalue weighted by Gasteiger charge is 1.94. The van der Waals surface area contributed by atoms with Crippen LogP contribution in [0, 0.1) is 0 Å². The first kappa shape index (κ1) is 7.88. The second-order valence-corrected chi connectivity index (χ2v) is 1.81. The van der Waals surface area contributed by atoms with E-state index in [2.05, 4.69) is 11.9 Å². The van der Waals surface area contributed by atoms with Gasteiger partial charge in [-0.3, -0.25) is 0 Å². The monoisotopic (exact) mass is 127 g/mol. The third-order valence-corrected chi connectivity index (χ3v) is 1.16. The minimum absolute atomic E-state index is 0.502. The SMILES string of the molecule is C=C(N)/C(C)=C(\N)NC. The molecule has 0 bridgehead atoms. The first-order valence-electron chi connectivity index (χ1n) is 2.68. The molecule has 0 amide bonds. The van der Waals surface area contributed by atoms with Crippen LogP contribution in [0.2, 0.25) is 0 Å². The van der Waals surface area contributed by atoms with Gasteiger partial charge in [0, 0.05) is 18.3 Å². The molecule has 0 aliphatic rings. The smallest absolute Gasteiger partial charge is 0.101 e. The quantitative estimate of drug-likeness (QED) is 0.453. The summed E-state index contributed by atoms with van der Waals surface area (Å²) in [5.41, 5.74) is 12.1. The van der Waals surface area contributed by atoms with Crippen LogP contribution in [0.4, 0.5) is 0 Å². The molecule has 52 valence electrons. The van der Waals surface area contributed by atoms with Crippen molar-refractivity contribution in [1.29, 1.82) is 0 Å². The summed E-state index contributed by atoms with van der Waals surface area (Å²) in [6.45, 7) is 5.34. The molecule has 0 saturated heterocycles. The zero-order valence-corrected chi connectivity index (χ0v) is 5.86.